The molecule has 1 aromatic heterocycles. The van der Waals surface area contributed by atoms with Crippen molar-refractivity contribution in [3.8, 4) is 11.1 Å². The first kappa shape index (κ1) is 25.1. The maximum absolute atomic E-state index is 12.7. The molecule has 4 rings (SSSR count). The fourth-order valence-electron chi connectivity index (χ4n) is 5.04. The highest BCUT2D eigenvalue weighted by Crippen LogP contribution is 2.33. The first-order chi connectivity index (χ1) is 16.4. The van der Waals surface area contributed by atoms with Gasteiger partial charge >= 0.3 is 12.2 Å². The highest BCUT2D eigenvalue weighted by molar-refractivity contribution is 5.91. The van der Waals surface area contributed by atoms with Gasteiger partial charge in [0.15, 0.2) is 0 Å². The molecule has 2 saturated heterocycles. The number of aromatic nitrogens is 1. The van der Waals surface area contributed by atoms with Crippen LogP contribution in [0.1, 0.15) is 38.2 Å². The van der Waals surface area contributed by atoms with Crippen LogP contribution in [0.15, 0.2) is 30.3 Å². The van der Waals surface area contributed by atoms with Crippen LogP contribution in [0.4, 0.5) is 35.3 Å². The molecular weight excluding hydrogens is 457 g/mol. The quantitative estimate of drug-likeness (QED) is 0.574. The number of rotatable bonds is 4. The molecule has 190 valence electrons. The van der Waals surface area contributed by atoms with E-state index >= 15 is 0 Å². The van der Waals surface area contributed by atoms with Crippen molar-refractivity contribution < 1.29 is 18.0 Å². The summed E-state index contributed by atoms with van der Waals surface area (Å²) in [4.78, 5) is 20.8. The summed E-state index contributed by atoms with van der Waals surface area (Å²) in [6, 6.07) is 8.93. The molecule has 0 radical (unpaired) electrons. The van der Waals surface area contributed by atoms with E-state index in [1.54, 1.807) is 12.1 Å². The summed E-state index contributed by atoms with van der Waals surface area (Å²) in [6.45, 7) is 5.95. The lowest BCUT2D eigenvalue weighted by Gasteiger charge is -2.38. The lowest BCUT2D eigenvalue weighted by atomic mass is 9.92. The summed E-state index contributed by atoms with van der Waals surface area (Å²) < 4.78 is 38.1. The van der Waals surface area contributed by atoms with Gasteiger partial charge in [-0.1, -0.05) is 6.07 Å². The number of alkyl halides is 3. The highest BCUT2D eigenvalue weighted by Gasteiger charge is 2.36. The molecule has 10 heteroatoms. The van der Waals surface area contributed by atoms with Gasteiger partial charge in [0, 0.05) is 43.8 Å². The molecule has 2 aromatic rings. The number of likely N-dealkylation sites (tertiary alicyclic amines) is 1. The lowest BCUT2D eigenvalue weighted by Crippen LogP contribution is -2.52. The van der Waals surface area contributed by atoms with Crippen molar-refractivity contribution in [2.45, 2.75) is 51.2 Å². The predicted octanol–water partition coefficient (Wildman–Crippen LogP) is 4.76. The van der Waals surface area contributed by atoms with Crippen LogP contribution >= 0.6 is 0 Å². The molecule has 3 heterocycles. The summed E-state index contributed by atoms with van der Waals surface area (Å²) in [5, 5.41) is 2.84. The molecule has 1 aromatic carbocycles. The zero-order chi connectivity index (χ0) is 25.4. The van der Waals surface area contributed by atoms with Gasteiger partial charge in [0.1, 0.15) is 11.6 Å². The Morgan fingerprint density at radius 2 is 2.03 bits per heavy atom. The molecule has 7 nitrogen and oxygen atoms in total. The number of piperidine rings is 1. The van der Waals surface area contributed by atoms with E-state index < -0.39 is 24.5 Å². The van der Waals surface area contributed by atoms with Crippen LogP contribution < -0.4 is 21.7 Å². The van der Waals surface area contributed by atoms with Crippen LogP contribution in [0.25, 0.3) is 11.1 Å². The van der Waals surface area contributed by atoms with Gasteiger partial charge in [0.25, 0.3) is 0 Å². The normalized spacial score (nSPS) is 23.0. The first-order valence-electron chi connectivity index (χ1n) is 11.9. The Bertz CT molecular complexity index is 1090. The van der Waals surface area contributed by atoms with Crippen molar-refractivity contribution in [1.82, 2.24) is 9.88 Å². The number of carbonyl (C=O) groups excluding carboxylic acids is 1. The fourth-order valence-corrected chi connectivity index (χ4v) is 5.04. The fraction of sp³-hybridized carbons (Fsp3) is 0.520. The van der Waals surface area contributed by atoms with Gasteiger partial charge in [-0.2, -0.15) is 13.2 Å². The highest BCUT2D eigenvalue weighted by atomic mass is 19.4. The Morgan fingerprint density at radius 3 is 2.74 bits per heavy atom. The number of amides is 2. The number of pyridine rings is 1. The van der Waals surface area contributed by atoms with Crippen LogP contribution in [0, 0.1) is 12.8 Å². The van der Waals surface area contributed by atoms with Crippen molar-refractivity contribution in [3.63, 3.8) is 0 Å². The van der Waals surface area contributed by atoms with E-state index in [9.17, 15) is 18.0 Å². The molecule has 0 aliphatic carbocycles. The smallest absolute Gasteiger partial charge is 0.384 e. The summed E-state index contributed by atoms with van der Waals surface area (Å²) >= 11 is 0. The Kier molecular flexibility index (Phi) is 6.86. The number of nitrogens with one attached hydrogen (secondary N) is 1. The average Bonchev–Trinajstić information content (AvgIpc) is 3.21. The molecule has 5 N–H and O–H groups in total. The van der Waals surface area contributed by atoms with E-state index in [0.717, 1.165) is 41.9 Å². The number of hydrogen-bond donors (Lipinski definition) is 3. The number of benzene rings is 1. The maximum atomic E-state index is 12.7. The SMILES string of the molecule is Cc1ccc(NC(=O)N2CC[C@@H](CC(F)(F)F)C2)cc1-c1cc(N)nc(N2CCC[C@](C)(N)C2)c1. The van der Waals surface area contributed by atoms with Crippen LogP contribution in [0.3, 0.4) is 0 Å². The third kappa shape index (κ3) is 6.36. The minimum absolute atomic E-state index is 0.101. The van der Waals surface area contributed by atoms with Gasteiger partial charge in [-0.25, -0.2) is 9.78 Å². The van der Waals surface area contributed by atoms with E-state index in [2.05, 4.69) is 15.2 Å². The number of nitrogens with two attached hydrogens (primary N) is 2. The molecule has 0 unspecified atom stereocenters. The third-order valence-electron chi connectivity index (χ3n) is 6.78. The zero-order valence-electron chi connectivity index (χ0n) is 20.2. The Morgan fingerprint density at radius 1 is 1.26 bits per heavy atom. The molecule has 0 spiro atoms. The standard InChI is InChI=1S/C25H33F3N6O/c1-16-4-5-19(31-23(35)33-9-6-17(14-33)13-25(26,27)28)12-20(16)18-10-21(29)32-22(11-18)34-8-3-7-24(2,30)15-34/h4-5,10-12,17H,3,6-9,13-15,30H2,1-2H3,(H2,29,32)(H,31,35)/t17-,24-/m0/s1. The van der Waals surface area contributed by atoms with Crippen LogP contribution in [0.2, 0.25) is 0 Å². The largest absolute Gasteiger partial charge is 0.389 e. The third-order valence-corrected chi connectivity index (χ3v) is 6.78. The molecular formula is C25H33F3N6O. The Balaban J connectivity index is 1.51. The van der Waals surface area contributed by atoms with Gasteiger partial charge < -0.3 is 26.6 Å². The summed E-state index contributed by atoms with van der Waals surface area (Å²) in [6.07, 6.45) is -2.81. The molecule has 2 atom stereocenters. The number of urea groups is 1. The minimum atomic E-state index is -4.22. The van der Waals surface area contributed by atoms with Crippen molar-refractivity contribution in [3.05, 3.63) is 35.9 Å². The molecule has 2 aliphatic heterocycles. The summed E-state index contributed by atoms with van der Waals surface area (Å²) in [5.74, 6) is 0.596. The van der Waals surface area contributed by atoms with E-state index in [4.69, 9.17) is 11.5 Å². The van der Waals surface area contributed by atoms with Crippen molar-refractivity contribution >= 4 is 23.4 Å². The predicted molar refractivity (Wildman–Crippen MR) is 132 cm³/mol. The first-order valence-corrected chi connectivity index (χ1v) is 11.9. The number of halogens is 3. The van der Waals surface area contributed by atoms with E-state index in [0.29, 0.717) is 31.0 Å². The number of hydrogen-bond acceptors (Lipinski definition) is 5. The monoisotopic (exact) mass is 490 g/mol. The second-order valence-corrected chi connectivity index (χ2v) is 10.2. The van der Waals surface area contributed by atoms with Gasteiger partial charge in [-0.3, -0.25) is 0 Å². The number of anilines is 3. The second-order valence-electron chi connectivity index (χ2n) is 10.2. The molecule has 0 bridgehead atoms. The molecule has 2 fully saturated rings. The van der Waals surface area contributed by atoms with E-state index in [1.165, 1.54) is 4.90 Å². The number of carbonyl (C=O) groups is 1. The average molecular weight is 491 g/mol. The molecule has 2 aliphatic rings. The maximum Gasteiger partial charge on any atom is 0.389 e. The molecule has 2 amide bonds. The van der Waals surface area contributed by atoms with Gasteiger partial charge in [0.05, 0.1) is 0 Å². The number of nitrogens with zero attached hydrogens (tertiary/aromatic N) is 3. The second kappa shape index (κ2) is 9.56. The zero-order valence-corrected chi connectivity index (χ0v) is 20.2. The number of aryl methyl sites for hydroxylation is 1. The van der Waals surface area contributed by atoms with Gasteiger partial charge in [-0.15, -0.1) is 0 Å². The molecule has 35 heavy (non-hydrogen) atoms. The molecule has 0 saturated carbocycles. The Hall–Kier alpha value is -3.01. The van der Waals surface area contributed by atoms with Crippen molar-refractivity contribution in [2.24, 2.45) is 11.7 Å². The topological polar surface area (TPSA) is 101 Å². The number of nitrogen functional groups attached to an aromatic ring is 1. The van der Waals surface area contributed by atoms with Crippen molar-refractivity contribution in [1.29, 1.82) is 0 Å². The van der Waals surface area contributed by atoms with Gasteiger partial charge in [-0.05, 0) is 80.0 Å². The van der Waals surface area contributed by atoms with Crippen LogP contribution in [-0.4, -0.2) is 53.8 Å². The van der Waals surface area contributed by atoms with E-state index in [-0.39, 0.29) is 12.1 Å². The summed E-state index contributed by atoms with van der Waals surface area (Å²) in [5.41, 5.74) is 15.6. The Labute approximate surface area is 203 Å². The van der Waals surface area contributed by atoms with Crippen molar-refractivity contribution in [2.75, 3.05) is 42.1 Å². The van der Waals surface area contributed by atoms with E-state index in [1.807, 2.05) is 32.0 Å². The lowest BCUT2D eigenvalue weighted by molar-refractivity contribution is -0.143. The van der Waals surface area contributed by atoms with Gasteiger partial charge in [0.2, 0.25) is 0 Å². The summed E-state index contributed by atoms with van der Waals surface area (Å²) in [7, 11) is 0. The minimum Gasteiger partial charge on any atom is -0.384 e. The van der Waals surface area contributed by atoms with Crippen LogP contribution in [0.5, 0.6) is 0 Å². The van der Waals surface area contributed by atoms with Crippen LogP contribution in [-0.2, 0) is 0 Å².